The lowest BCUT2D eigenvalue weighted by Gasteiger charge is -2.05. The first-order valence-corrected chi connectivity index (χ1v) is 3.71. The third kappa shape index (κ3) is 1.93. The summed E-state index contributed by atoms with van der Waals surface area (Å²) in [6.45, 7) is 1.35. The maximum Gasteiger partial charge on any atom is 0.275 e. The van der Waals surface area contributed by atoms with Crippen molar-refractivity contribution < 1.29 is 14.1 Å². The molecule has 5 heteroatoms. The normalized spacial score (nSPS) is 9.77. The van der Waals surface area contributed by atoms with Crippen LogP contribution in [-0.2, 0) is 0 Å². The second-order valence-corrected chi connectivity index (χ2v) is 2.83. The number of Topliss-reactive ketones (excluding diaryl/α,β-unsaturated/α-hetero) is 1. The van der Waals surface area contributed by atoms with Gasteiger partial charge in [-0.05, 0) is 0 Å². The van der Waals surface area contributed by atoms with Gasteiger partial charge in [0.25, 0.3) is 5.91 Å². The highest BCUT2D eigenvalue weighted by molar-refractivity contribution is 5.96. The number of hydrogen-bond donors (Lipinski definition) is 0. The molecule has 1 rings (SSSR count). The molecule has 0 aliphatic rings. The molecule has 0 aliphatic carbocycles. The maximum absolute atomic E-state index is 11.3. The van der Waals surface area contributed by atoms with Crippen LogP contribution in [0, 0.1) is 0 Å². The molecular weight excluding hydrogens is 172 g/mol. The van der Waals surface area contributed by atoms with Crippen molar-refractivity contribution in [3.8, 4) is 0 Å². The Morgan fingerprint density at radius 3 is 2.46 bits per heavy atom. The van der Waals surface area contributed by atoms with Crippen LogP contribution in [0.15, 0.2) is 10.6 Å². The number of aromatic nitrogens is 1. The SMILES string of the molecule is CC(=O)c1cc(C(=O)N(C)C)no1. The molecule has 1 heterocycles. The van der Waals surface area contributed by atoms with Gasteiger partial charge in [-0.15, -0.1) is 0 Å². The van der Waals surface area contributed by atoms with Gasteiger partial charge in [0.05, 0.1) is 0 Å². The summed E-state index contributed by atoms with van der Waals surface area (Å²) in [5.74, 6) is -0.424. The van der Waals surface area contributed by atoms with Crippen LogP contribution < -0.4 is 0 Å². The van der Waals surface area contributed by atoms with Gasteiger partial charge in [-0.1, -0.05) is 5.16 Å². The van der Waals surface area contributed by atoms with E-state index in [4.69, 9.17) is 0 Å². The van der Waals surface area contributed by atoms with Crippen molar-refractivity contribution in [3.05, 3.63) is 17.5 Å². The molecule has 0 fully saturated rings. The molecule has 0 saturated carbocycles. The van der Waals surface area contributed by atoms with Crippen LogP contribution in [0.3, 0.4) is 0 Å². The van der Waals surface area contributed by atoms with Crippen molar-refractivity contribution in [3.63, 3.8) is 0 Å². The van der Waals surface area contributed by atoms with Gasteiger partial charge in [-0.2, -0.15) is 0 Å². The number of rotatable bonds is 2. The van der Waals surface area contributed by atoms with E-state index in [1.54, 1.807) is 14.1 Å². The average molecular weight is 182 g/mol. The minimum Gasteiger partial charge on any atom is -0.352 e. The Morgan fingerprint density at radius 2 is 2.08 bits per heavy atom. The molecular formula is C8H10N2O3. The predicted molar refractivity (Wildman–Crippen MR) is 44.5 cm³/mol. The molecule has 13 heavy (non-hydrogen) atoms. The Balaban J connectivity index is 2.92. The van der Waals surface area contributed by atoms with E-state index >= 15 is 0 Å². The third-order valence-electron chi connectivity index (χ3n) is 1.48. The Labute approximate surface area is 75.3 Å². The number of nitrogens with zero attached hydrogens (tertiary/aromatic N) is 2. The minimum absolute atomic E-state index is 0.102. The Bertz CT molecular complexity index is 341. The molecule has 0 spiro atoms. The molecule has 0 aromatic carbocycles. The summed E-state index contributed by atoms with van der Waals surface area (Å²) >= 11 is 0. The summed E-state index contributed by atoms with van der Waals surface area (Å²) in [7, 11) is 3.20. The van der Waals surface area contributed by atoms with Gasteiger partial charge in [0.1, 0.15) is 0 Å². The van der Waals surface area contributed by atoms with Crippen LogP contribution in [0.25, 0.3) is 0 Å². The van der Waals surface area contributed by atoms with Gasteiger partial charge >= 0.3 is 0 Å². The standard InChI is InChI=1S/C8H10N2O3/c1-5(11)7-4-6(9-13-7)8(12)10(2)3/h4H,1-3H3. The second-order valence-electron chi connectivity index (χ2n) is 2.83. The molecule has 0 saturated heterocycles. The second kappa shape index (κ2) is 3.38. The number of carbonyl (C=O) groups is 2. The average Bonchev–Trinajstić information content (AvgIpc) is 2.50. The fourth-order valence-corrected chi connectivity index (χ4v) is 0.771. The topological polar surface area (TPSA) is 63.4 Å². The molecule has 70 valence electrons. The zero-order valence-electron chi connectivity index (χ0n) is 7.70. The van der Waals surface area contributed by atoms with Crippen LogP contribution in [0.4, 0.5) is 0 Å². The lowest BCUT2D eigenvalue weighted by atomic mass is 10.3. The highest BCUT2D eigenvalue weighted by Gasteiger charge is 2.15. The molecule has 0 N–H and O–H groups in total. The van der Waals surface area contributed by atoms with Crippen LogP contribution in [0.5, 0.6) is 0 Å². The summed E-state index contributed by atoms with van der Waals surface area (Å²) < 4.78 is 4.65. The van der Waals surface area contributed by atoms with Gasteiger partial charge in [-0.3, -0.25) is 9.59 Å². The fourth-order valence-electron chi connectivity index (χ4n) is 0.771. The van der Waals surface area contributed by atoms with Crippen molar-refractivity contribution in [2.24, 2.45) is 0 Å². The summed E-state index contributed by atoms with van der Waals surface area (Å²) in [6, 6.07) is 1.34. The third-order valence-corrected chi connectivity index (χ3v) is 1.48. The minimum atomic E-state index is -0.281. The Kier molecular flexibility index (Phi) is 2.46. The summed E-state index contributed by atoms with van der Waals surface area (Å²) in [5, 5.41) is 3.47. The monoisotopic (exact) mass is 182 g/mol. The van der Waals surface area contributed by atoms with Gasteiger partial charge in [0.15, 0.2) is 11.5 Å². The predicted octanol–water partition coefficient (Wildman–Crippen LogP) is 0.579. The van der Waals surface area contributed by atoms with Crippen molar-refractivity contribution in [2.45, 2.75) is 6.92 Å². The van der Waals surface area contributed by atoms with Crippen LogP contribution in [0.2, 0.25) is 0 Å². The first-order valence-electron chi connectivity index (χ1n) is 3.71. The molecule has 5 nitrogen and oxygen atoms in total. The van der Waals surface area contributed by atoms with Crippen LogP contribution >= 0.6 is 0 Å². The smallest absolute Gasteiger partial charge is 0.275 e. The highest BCUT2D eigenvalue weighted by Crippen LogP contribution is 2.05. The summed E-state index contributed by atoms with van der Waals surface area (Å²) in [5.41, 5.74) is 0.148. The van der Waals surface area contributed by atoms with Gasteiger partial charge in [-0.25, -0.2) is 0 Å². The van der Waals surface area contributed by atoms with E-state index in [2.05, 4.69) is 9.68 Å². The number of carbonyl (C=O) groups excluding carboxylic acids is 2. The zero-order chi connectivity index (χ0) is 10.0. The van der Waals surface area contributed by atoms with E-state index in [-0.39, 0.29) is 23.1 Å². The fraction of sp³-hybridized carbons (Fsp3) is 0.375. The Morgan fingerprint density at radius 1 is 1.46 bits per heavy atom. The van der Waals surface area contributed by atoms with Crippen molar-refractivity contribution >= 4 is 11.7 Å². The Hall–Kier alpha value is -1.65. The van der Waals surface area contributed by atoms with Gasteiger partial charge < -0.3 is 9.42 Å². The molecule has 0 aliphatic heterocycles. The molecule has 1 amide bonds. The summed E-state index contributed by atoms with van der Waals surface area (Å²) in [6.07, 6.45) is 0. The van der Waals surface area contributed by atoms with Crippen molar-refractivity contribution in [1.29, 1.82) is 0 Å². The van der Waals surface area contributed by atoms with E-state index in [1.165, 1.54) is 17.9 Å². The number of ketones is 1. The van der Waals surface area contributed by atoms with Gasteiger partial charge in [0, 0.05) is 27.1 Å². The maximum atomic E-state index is 11.3. The van der Waals surface area contributed by atoms with E-state index in [0.29, 0.717) is 0 Å². The first kappa shape index (κ1) is 9.44. The van der Waals surface area contributed by atoms with Crippen LogP contribution in [0.1, 0.15) is 28.0 Å². The van der Waals surface area contributed by atoms with E-state index < -0.39 is 0 Å². The van der Waals surface area contributed by atoms with Crippen molar-refractivity contribution in [1.82, 2.24) is 10.1 Å². The highest BCUT2D eigenvalue weighted by atomic mass is 16.5. The molecule has 1 aromatic rings. The van der Waals surface area contributed by atoms with E-state index in [0.717, 1.165) is 0 Å². The lowest BCUT2D eigenvalue weighted by molar-refractivity contribution is 0.0816. The quantitative estimate of drug-likeness (QED) is 0.627. The van der Waals surface area contributed by atoms with E-state index in [1.807, 2.05) is 0 Å². The van der Waals surface area contributed by atoms with Crippen LogP contribution in [-0.4, -0.2) is 35.8 Å². The van der Waals surface area contributed by atoms with E-state index in [9.17, 15) is 9.59 Å². The van der Waals surface area contributed by atoms with Crippen molar-refractivity contribution in [2.75, 3.05) is 14.1 Å². The first-order chi connectivity index (χ1) is 6.02. The molecule has 0 unspecified atom stereocenters. The molecule has 0 atom stereocenters. The summed E-state index contributed by atoms with van der Waals surface area (Å²) in [4.78, 5) is 23.4. The molecule has 1 aromatic heterocycles. The largest absolute Gasteiger partial charge is 0.352 e. The molecule has 0 bridgehead atoms. The number of hydrogen-bond acceptors (Lipinski definition) is 4. The van der Waals surface area contributed by atoms with Gasteiger partial charge in [0.2, 0.25) is 5.76 Å². The lowest BCUT2D eigenvalue weighted by Crippen LogP contribution is -2.21. The number of amides is 1. The zero-order valence-corrected chi connectivity index (χ0v) is 7.70. The molecule has 0 radical (unpaired) electrons.